The van der Waals surface area contributed by atoms with Gasteiger partial charge >= 0.3 is 5.97 Å². The zero-order valence-electron chi connectivity index (χ0n) is 6.12. The van der Waals surface area contributed by atoms with Crippen molar-refractivity contribution < 1.29 is 14.6 Å². The number of aliphatic hydroxyl groups excluding tert-OH is 1. The molecule has 0 unspecified atom stereocenters. The monoisotopic (exact) mass is 154 g/mol. The van der Waals surface area contributed by atoms with Gasteiger partial charge in [-0.25, -0.2) is 0 Å². The number of rotatable bonds is 0. The summed E-state index contributed by atoms with van der Waals surface area (Å²) in [5.74, 6) is -0.444. The number of esters is 1. The second-order valence-corrected chi connectivity index (χ2v) is 3.17. The molecule has 1 saturated heterocycles. The molecule has 3 atom stereocenters. The Kier molecular flexibility index (Phi) is 1.29. The van der Waals surface area contributed by atoms with Crippen LogP contribution in [0.5, 0.6) is 0 Å². The van der Waals surface area contributed by atoms with Gasteiger partial charge in [0.1, 0.15) is 6.10 Å². The highest BCUT2D eigenvalue weighted by Crippen LogP contribution is 2.37. The van der Waals surface area contributed by atoms with E-state index in [4.69, 9.17) is 4.74 Å². The van der Waals surface area contributed by atoms with Gasteiger partial charge in [0.25, 0.3) is 0 Å². The molecule has 1 aliphatic heterocycles. The van der Waals surface area contributed by atoms with Crippen molar-refractivity contribution in [2.24, 2.45) is 5.92 Å². The summed E-state index contributed by atoms with van der Waals surface area (Å²) < 4.78 is 4.97. The Labute approximate surface area is 64.7 Å². The summed E-state index contributed by atoms with van der Waals surface area (Å²) in [6, 6.07) is 0. The van der Waals surface area contributed by atoms with Crippen LogP contribution in [0.2, 0.25) is 0 Å². The molecule has 11 heavy (non-hydrogen) atoms. The molecule has 3 heteroatoms. The van der Waals surface area contributed by atoms with Crippen LogP contribution in [-0.4, -0.2) is 23.3 Å². The average molecular weight is 154 g/mol. The highest BCUT2D eigenvalue weighted by atomic mass is 16.6. The number of fused-ring (bicyclic) bond motifs is 2. The minimum absolute atomic E-state index is 0.0620. The Hall–Kier alpha value is -0.830. The highest BCUT2D eigenvalue weighted by Gasteiger charge is 2.43. The van der Waals surface area contributed by atoms with E-state index in [0.29, 0.717) is 18.4 Å². The molecule has 2 aliphatic rings. The molecule has 0 amide bonds. The third-order valence-electron chi connectivity index (χ3n) is 2.43. The normalized spacial score (nSPS) is 42.5. The van der Waals surface area contributed by atoms with Crippen LogP contribution in [0.1, 0.15) is 12.8 Å². The van der Waals surface area contributed by atoms with Gasteiger partial charge in [0, 0.05) is 12.8 Å². The van der Waals surface area contributed by atoms with Crippen molar-refractivity contribution in [2.45, 2.75) is 25.0 Å². The van der Waals surface area contributed by atoms with E-state index in [0.717, 1.165) is 0 Å². The third-order valence-corrected chi connectivity index (χ3v) is 2.43. The fourth-order valence-corrected chi connectivity index (χ4v) is 1.73. The Morgan fingerprint density at radius 1 is 1.55 bits per heavy atom. The standard InChI is InChI=1S/C8H10O3/c1-4-6-2-5(3-7(4)9)11-8(6)10/h5-7,9H,1-3H2/t5-,6+,7-/m1/s1. The van der Waals surface area contributed by atoms with Gasteiger partial charge in [-0.15, -0.1) is 0 Å². The number of carbonyl (C=O) groups excluding carboxylic acids is 1. The summed E-state index contributed by atoms with van der Waals surface area (Å²) in [4.78, 5) is 11.0. The lowest BCUT2D eigenvalue weighted by atomic mass is 9.84. The Morgan fingerprint density at radius 3 is 3.00 bits per heavy atom. The second-order valence-electron chi connectivity index (χ2n) is 3.17. The van der Waals surface area contributed by atoms with E-state index >= 15 is 0 Å². The number of hydrogen-bond acceptors (Lipinski definition) is 3. The first kappa shape index (κ1) is 6.85. The molecule has 0 aromatic rings. The lowest BCUT2D eigenvalue weighted by Crippen LogP contribution is -2.26. The molecule has 0 aromatic heterocycles. The van der Waals surface area contributed by atoms with E-state index in [1.54, 1.807) is 0 Å². The summed E-state index contributed by atoms with van der Waals surface area (Å²) in [6.45, 7) is 3.67. The molecule has 2 bridgehead atoms. The van der Waals surface area contributed by atoms with E-state index in [9.17, 15) is 9.90 Å². The van der Waals surface area contributed by atoms with E-state index in [2.05, 4.69) is 6.58 Å². The summed E-state index contributed by atoms with van der Waals surface area (Å²) in [7, 11) is 0. The van der Waals surface area contributed by atoms with E-state index in [1.165, 1.54) is 0 Å². The first-order valence-electron chi connectivity index (χ1n) is 3.75. The quantitative estimate of drug-likeness (QED) is 0.401. The van der Waals surface area contributed by atoms with Crippen molar-refractivity contribution in [1.29, 1.82) is 0 Å². The SMILES string of the molecule is C=C1[C@@H]2C[C@H](C[C@H]1O)OC2=O. The van der Waals surface area contributed by atoms with E-state index in [1.807, 2.05) is 0 Å². The molecule has 2 rings (SSSR count). The van der Waals surface area contributed by atoms with Gasteiger partial charge in [-0.1, -0.05) is 6.58 Å². The maximum Gasteiger partial charge on any atom is 0.313 e. The van der Waals surface area contributed by atoms with Crippen molar-refractivity contribution in [3.63, 3.8) is 0 Å². The summed E-state index contributed by atoms with van der Waals surface area (Å²) in [5.41, 5.74) is 0.628. The molecule has 0 aromatic carbocycles. The molecule has 1 N–H and O–H groups in total. The topological polar surface area (TPSA) is 46.5 Å². The maximum atomic E-state index is 11.0. The Morgan fingerprint density at radius 2 is 2.27 bits per heavy atom. The van der Waals surface area contributed by atoms with Crippen molar-refractivity contribution in [2.75, 3.05) is 0 Å². The van der Waals surface area contributed by atoms with Gasteiger partial charge in [0.2, 0.25) is 0 Å². The number of carbonyl (C=O) groups is 1. The Bertz CT molecular complexity index is 221. The molecule has 2 fully saturated rings. The van der Waals surface area contributed by atoms with Crippen LogP contribution in [0, 0.1) is 5.92 Å². The van der Waals surface area contributed by atoms with Crippen LogP contribution in [0.25, 0.3) is 0 Å². The van der Waals surface area contributed by atoms with Crippen molar-refractivity contribution in [3.05, 3.63) is 12.2 Å². The molecular formula is C8H10O3. The average Bonchev–Trinajstić information content (AvgIpc) is 2.24. The number of aliphatic hydroxyl groups is 1. The third kappa shape index (κ3) is 0.878. The fraction of sp³-hybridized carbons (Fsp3) is 0.625. The molecule has 1 aliphatic carbocycles. The van der Waals surface area contributed by atoms with E-state index in [-0.39, 0.29) is 18.0 Å². The maximum absolute atomic E-state index is 11.0. The Balaban J connectivity index is 2.27. The minimum Gasteiger partial charge on any atom is -0.462 e. The summed E-state index contributed by atoms with van der Waals surface area (Å²) in [5, 5.41) is 9.34. The smallest absolute Gasteiger partial charge is 0.313 e. The molecule has 1 heterocycles. The minimum atomic E-state index is -0.537. The largest absolute Gasteiger partial charge is 0.462 e. The second kappa shape index (κ2) is 2.08. The van der Waals surface area contributed by atoms with Crippen LogP contribution in [-0.2, 0) is 9.53 Å². The molecule has 3 nitrogen and oxygen atoms in total. The van der Waals surface area contributed by atoms with Crippen molar-refractivity contribution in [1.82, 2.24) is 0 Å². The van der Waals surface area contributed by atoms with Gasteiger partial charge in [0.05, 0.1) is 12.0 Å². The lowest BCUT2D eigenvalue weighted by molar-refractivity contribution is -0.142. The predicted octanol–water partition coefficient (Wildman–Crippen LogP) is 0.239. The zero-order chi connectivity index (χ0) is 8.01. The van der Waals surface area contributed by atoms with Gasteiger partial charge in [-0.05, 0) is 5.57 Å². The molecule has 0 spiro atoms. The van der Waals surface area contributed by atoms with Crippen LogP contribution in [0.15, 0.2) is 12.2 Å². The highest BCUT2D eigenvalue weighted by molar-refractivity contribution is 5.78. The van der Waals surface area contributed by atoms with Crippen molar-refractivity contribution in [3.8, 4) is 0 Å². The molecule has 60 valence electrons. The van der Waals surface area contributed by atoms with Gasteiger partial charge in [0.15, 0.2) is 0 Å². The van der Waals surface area contributed by atoms with E-state index < -0.39 is 6.10 Å². The van der Waals surface area contributed by atoms with Crippen LogP contribution >= 0.6 is 0 Å². The van der Waals surface area contributed by atoms with Crippen LogP contribution < -0.4 is 0 Å². The number of hydrogen-bond donors (Lipinski definition) is 1. The zero-order valence-corrected chi connectivity index (χ0v) is 6.12. The van der Waals surface area contributed by atoms with Crippen LogP contribution in [0.3, 0.4) is 0 Å². The molecular weight excluding hydrogens is 144 g/mol. The summed E-state index contributed by atoms with van der Waals surface area (Å²) >= 11 is 0. The number of ether oxygens (including phenoxy) is 1. The molecule has 1 saturated carbocycles. The van der Waals surface area contributed by atoms with Gasteiger partial charge in [-0.2, -0.15) is 0 Å². The van der Waals surface area contributed by atoms with Gasteiger partial charge in [-0.3, -0.25) is 4.79 Å². The lowest BCUT2D eigenvalue weighted by Gasteiger charge is -2.22. The van der Waals surface area contributed by atoms with Gasteiger partial charge < -0.3 is 9.84 Å². The fourth-order valence-electron chi connectivity index (χ4n) is 1.73. The first-order chi connectivity index (χ1) is 5.18. The first-order valence-corrected chi connectivity index (χ1v) is 3.75. The van der Waals surface area contributed by atoms with Crippen LogP contribution in [0.4, 0.5) is 0 Å². The molecule has 0 radical (unpaired) electrons. The van der Waals surface area contributed by atoms with Crippen molar-refractivity contribution >= 4 is 5.97 Å². The summed E-state index contributed by atoms with van der Waals surface area (Å²) in [6.07, 6.45) is 0.647. The predicted molar refractivity (Wildman–Crippen MR) is 37.8 cm³/mol.